The lowest BCUT2D eigenvalue weighted by molar-refractivity contribution is -0.0592. The van der Waals surface area contributed by atoms with Crippen molar-refractivity contribution >= 4 is 39.3 Å². The Balaban J connectivity index is 1.06. The molecule has 3 aromatic carbocycles. The highest BCUT2D eigenvalue weighted by Crippen LogP contribution is 2.56. The van der Waals surface area contributed by atoms with Gasteiger partial charge < -0.3 is 14.2 Å². The Kier molecular flexibility index (Phi) is 9.19. The van der Waals surface area contributed by atoms with E-state index < -0.39 is 28.8 Å². The molecule has 3 aliphatic rings. The molecule has 0 radical (unpaired) electrons. The molecule has 7 heterocycles. The van der Waals surface area contributed by atoms with E-state index >= 15 is 9.18 Å². The van der Waals surface area contributed by atoms with Crippen LogP contribution in [0.5, 0.6) is 0 Å². The molecule has 1 saturated carbocycles. The van der Waals surface area contributed by atoms with Crippen LogP contribution in [0.2, 0.25) is 5.02 Å². The van der Waals surface area contributed by atoms with Gasteiger partial charge in [0.15, 0.2) is 11.6 Å². The maximum Gasteiger partial charge on any atom is 0.438 e. The zero-order chi connectivity index (χ0) is 45.4. The van der Waals surface area contributed by atoms with Crippen molar-refractivity contribution in [3.05, 3.63) is 138 Å². The minimum absolute atomic E-state index is 0.0162. The molecule has 65 heavy (non-hydrogen) atoms. The lowest BCUT2D eigenvalue weighted by atomic mass is 9.83. The number of imidazole rings is 1. The highest BCUT2D eigenvalue weighted by Gasteiger charge is 2.59. The van der Waals surface area contributed by atoms with E-state index in [1.54, 1.807) is 40.9 Å². The van der Waals surface area contributed by atoms with Gasteiger partial charge in [0.05, 0.1) is 45.8 Å². The number of fused-ring (bicyclic) bond motifs is 3. The first kappa shape index (κ1) is 41.2. The van der Waals surface area contributed by atoms with Crippen LogP contribution in [-0.2, 0) is 23.7 Å². The number of H-pyrrole nitrogens is 1. The Bertz CT molecular complexity index is 3380. The minimum Gasteiger partial charge on any atom is -0.376 e. The maximum absolute atomic E-state index is 16.2. The fraction of sp³-hybridized carbons (Fsp3) is 0.375. The Morgan fingerprint density at radius 1 is 0.985 bits per heavy atom. The number of aromatic nitrogens is 9. The normalized spacial score (nSPS) is 21.7. The van der Waals surface area contributed by atoms with Crippen molar-refractivity contribution in [1.29, 1.82) is 0 Å². The molecular weight excluding hydrogens is 851 g/mol. The molecule has 5 aromatic heterocycles. The molecule has 15 nitrogen and oxygen atoms in total. The summed E-state index contributed by atoms with van der Waals surface area (Å²) in [6.07, 6.45) is 7.37. The van der Waals surface area contributed by atoms with Crippen LogP contribution in [0.15, 0.2) is 81.2 Å². The number of nitrogens with one attached hydrogen (secondary N) is 1. The second kappa shape index (κ2) is 14.5. The van der Waals surface area contributed by atoms with Crippen LogP contribution < -0.4 is 11.4 Å². The highest BCUT2D eigenvalue weighted by atomic mass is 35.5. The second-order valence-electron chi connectivity index (χ2n) is 18.8. The lowest BCUT2D eigenvalue weighted by Gasteiger charge is -2.35. The Morgan fingerprint density at radius 2 is 1.72 bits per heavy atom. The molecule has 334 valence electrons. The van der Waals surface area contributed by atoms with E-state index in [0.29, 0.717) is 70.5 Å². The molecule has 17 heteroatoms. The number of carbonyl (C=O) groups is 1. The standard InChI is InChI=1S/C48H48ClFN10O5/c1-25-18-32(19-26(2)40(25)49)60-42(58-16-15-57(46(58)63)37-11-10-36-33(41(37)50)24-51-55(36)7)39-28(4)56(14-12-34(39)53-60)43(61)38-21-31-20-29(30-13-17-64-47(5,6)23-30)8-9-35(31)59(38)48(22-27(48)3)44-52-45(62)65-54-44/h8-11,15-16,18-21,24,27-28,30H,12-14,17,22-23H2,1-7H3,(H,52,54,62)/t27-,28-,30-,48-/m0/s1. The highest BCUT2D eigenvalue weighted by molar-refractivity contribution is 6.32. The predicted molar refractivity (Wildman–Crippen MR) is 242 cm³/mol. The van der Waals surface area contributed by atoms with Crippen LogP contribution in [0.4, 0.5) is 4.39 Å². The molecule has 1 saturated heterocycles. The number of benzene rings is 3. The number of hydrogen-bond acceptors (Lipinski definition) is 8. The molecule has 0 unspecified atom stereocenters. The zero-order valence-corrected chi connectivity index (χ0v) is 37.9. The number of ether oxygens (including phenoxy) is 1. The van der Waals surface area contributed by atoms with E-state index in [0.717, 1.165) is 40.6 Å². The average molecular weight is 899 g/mol. The van der Waals surface area contributed by atoms with Crippen molar-refractivity contribution in [1.82, 2.24) is 48.3 Å². The summed E-state index contributed by atoms with van der Waals surface area (Å²) in [5.74, 6) is -0.376. The van der Waals surface area contributed by atoms with Crippen molar-refractivity contribution in [2.45, 2.75) is 90.3 Å². The van der Waals surface area contributed by atoms with Crippen LogP contribution in [-0.4, -0.2) is 73.0 Å². The summed E-state index contributed by atoms with van der Waals surface area (Å²) in [6, 6.07) is 14.9. The van der Waals surface area contributed by atoms with Crippen molar-refractivity contribution < 1.29 is 18.4 Å². The smallest absolute Gasteiger partial charge is 0.376 e. The summed E-state index contributed by atoms with van der Waals surface area (Å²) in [5, 5.41) is 15.4. The number of aryl methyl sites for hydroxylation is 3. The van der Waals surface area contributed by atoms with Crippen molar-refractivity contribution in [2.75, 3.05) is 13.2 Å². The molecule has 0 bridgehead atoms. The van der Waals surface area contributed by atoms with Crippen molar-refractivity contribution in [3.63, 3.8) is 0 Å². The van der Waals surface area contributed by atoms with E-state index in [1.165, 1.54) is 20.9 Å². The predicted octanol–water partition coefficient (Wildman–Crippen LogP) is 7.96. The van der Waals surface area contributed by atoms with E-state index in [9.17, 15) is 9.59 Å². The van der Waals surface area contributed by atoms with Gasteiger partial charge in [-0.2, -0.15) is 10.2 Å². The van der Waals surface area contributed by atoms with Gasteiger partial charge in [-0.25, -0.2) is 18.7 Å². The van der Waals surface area contributed by atoms with Crippen LogP contribution in [0, 0.1) is 25.6 Å². The average Bonchev–Trinajstić information content (AvgIpc) is 3.90. The first-order valence-corrected chi connectivity index (χ1v) is 22.4. The van der Waals surface area contributed by atoms with E-state index in [4.69, 9.17) is 26.0 Å². The SMILES string of the molecule is Cc1cc(-n2nc3c(c2-n2ccn(-c4ccc5c(cnn5C)c4F)c2=O)[C@H](C)N(C(=O)c2cc4cc([C@H]5CCOC(C)(C)C5)ccc4n2[C@@]2(c4noc(=O)[nH]4)C[C@@H]2C)CC3)cc(C)c1Cl. The van der Waals surface area contributed by atoms with Crippen LogP contribution in [0.3, 0.4) is 0 Å². The van der Waals surface area contributed by atoms with Crippen molar-refractivity contribution in [3.8, 4) is 17.2 Å². The largest absolute Gasteiger partial charge is 0.438 e. The Hall–Kier alpha value is -6.52. The van der Waals surface area contributed by atoms with Gasteiger partial charge in [-0.05, 0) is 125 Å². The zero-order valence-electron chi connectivity index (χ0n) is 37.1. The summed E-state index contributed by atoms with van der Waals surface area (Å²) >= 11 is 6.66. The van der Waals surface area contributed by atoms with E-state index in [-0.39, 0.29) is 29.0 Å². The fourth-order valence-corrected chi connectivity index (χ4v) is 10.9. The maximum atomic E-state index is 16.2. The molecule has 1 aliphatic carbocycles. The van der Waals surface area contributed by atoms with E-state index in [2.05, 4.69) is 54.2 Å². The number of nitrogens with zero attached hydrogens (tertiary/aromatic N) is 9. The molecule has 2 aliphatic heterocycles. The number of amides is 1. The van der Waals surface area contributed by atoms with Crippen LogP contribution >= 0.6 is 11.6 Å². The molecule has 1 N–H and O–H groups in total. The number of hydrogen-bond donors (Lipinski definition) is 1. The number of carbonyl (C=O) groups excluding carboxylic acids is 1. The van der Waals surface area contributed by atoms with Gasteiger partial charge in [0.2, 0.25) is 0 Å². The van der Waals surface area contributed by atoms with Gasteiger partial charge in [0.1, 0.15) is 17.1 Å². The molecule has 11 rings (SSSR count). The van der Waals surface area contributed by atoms with Gasteiger partial charge in [-0.1, -0.05) is 29.7 Å². The van der Waals surface area contributed by atoms with Crippen molar-refractivity contribution in [2.24, 2.45) is 13.0 Å². The monoisotopic (exact) mass is 898 g/mol. The van der Waals surface area contributed by atoms with Gasteiger partial charge in [0, 0.05) is 60.5 Å². The van der Waals surface area contributed by atoms with Gasteiger partial charge in [-0.3, -0.25) is 28.1 Å². The molecule has 0 spiro atoms. The first-order chi connectivity index (χ1) is 31.1. The Morgan fingerprint density at radius 3 is 2.43 bits per heavy atom. The molecule has 4 atom stereocenters. The first-order valence-electron chi connectivity index (χ1n) is 22.0. The summed E-state index contributed by atoms with van der Waals surface area (Å²) in [5.41, 5.74) is 5.25. The summed E-state index contributed by atoms with van der Waals surface area (Å²) in [6.45, 7) is 13.1. The van der Waals surface area contributed by atoms with Gasteiger partial charge in [0.25, 0.3) is 5.91 Å². The molecule has 1 amide bonds. The second-order valence-corrected chi connectivity index (χ2v) is 19.2. The quantitative estimate of drug-likeness (QED) is 0.169. The summed E-state index contributed by atoms with van der Waals surface area (Å²) < 4.78 is 35.4. The number of rotatable bonds is 7. The fourth-order valence-electron chi connectivity index (χ4n) is 10.8. The van der Waals surface area contributed by atoms with Crippen LogP contribution in [0.1, 0.15) is 103 Å². The third-order valence-electron chi connectivity index (χ3n) is 14.2. The Labute approximate surface area is 376 Å². The topological polar surface area (TPSA) is 156 Å². The number of aromatic amines is 1. The summed E-state index contributed by atoms with van der Waals surface area (Å²) in [7, 11) is 1.73. The van der Waals surface area contributed by atoms with Crippen LogP contribution in [0.25, 0.3) is 39.0 Å². The third kappa shape index (κ3) is 6.23. The van der Waals surface area contributed by atoms with Gasteiger partial charge in [-0.15, -0.1) is 0 Å². The number of halogens is 2. The summed E-state index contributed by atoms with van der Waals surface area (Å²) in [4.78, 5) is 47.4. The molecule has 2 fully saturated rings. The lowest BCUT2D eigenvalue weighted by Crippen LogP contribution is -2.41. The van der Waals surface area contributed by atoms with Gasteiger partial charge >= 0.3 is 11.4 Å². The minimum atomic E-state index is -0.837. The third-order valence-corrected chi connectivity index (χ3v) is 14.8. The molecule has 8 aromatic rings. The van der Waals surface area contributed by atoms with E-state index in [1.807, 2.05) is 48.4 Å². The molecular formula is C48H48ClFN10O5.